The molecule has 4 rings (SSSR count). The number of fused-ring (bicyclic) bond motifs is 1. The van der Waals surface area contributed by atoms with Gasteiger partial charge in [-0.1, -0.05) is 36.9 Å². The van der Waals surface area contributed by atoms with Gasteiger partial charge in [0, 0.05) is 42.0 Å². The molecule has 9 nitrogen and oxygen atoms in total. The topological polar surface area (TPSA) is 94.4 Å². The third kappa shape index (κ3) is 6.40. The fraction of sp³-hybridized carbons (Fsp3) is 0.379. The van der Waals surface area contributed by atoms with Crippen molar-refractivity contribution in [2.24, 2.45) is 0 Å². The molecule has 1 aliphatic rings. The first-order chi connectivity index (χ1) is 18.2. The Morgan fingerprint density at radius 2 is 1.97 bits per heavy atom. The van der Waals surface area contributed by atoms with E-state index in [1.54, 1.807) is 24.4 Å². The van der Waals surface area contributed by atoms with Gasteiger partial charge in [-0.2, -0.15) is 5.10 Å². The molecular formula is C29H36N6O3. The lowest BCUT2D eigenvalue weighted by Crippen LogP contribution is -2.42. The monoisotopic (exact) mass is 516 g/mol. The molecule has 1 fully saturated rings. The van der Waals surface area contributed by atoms with Crippen molar-refractivity contribution in [1.82, 2.24) is 24.6 Å². The molecule has 0 radical (unpaired) electrons. The molecule has 3 heterocycles. The van der Waals surface area contributed by atoms with Gasteiger partial charge in [0.1, 0.15) is 11.4 Å². The van der Waals surface area contributed by atoms with Gasteiger partial charge < -0.3 is 19.7 Å². The predicted molar refractivity (Wildman–Crippen MR) is 150 cm³/mol. The van der Waals surface area contributed by atoms with Crippen molar-refractivity contribution in [2.75, 3.05) is 25.5 Å². The van der Waals surface area contributed by atoms with E-state index in [-0.39, 0.29) is 12.1 Å². The van der Waals surface area contributed by atoms with Crippen LogP contribution in [0.3, 0.4) is 0 Å². The van der Waals surface area contributed by atoms with Crippen molar-refractivity contribution in [3.8, 4) is 0 Å². The number of allylic oxidation sites excluding steroid dienone is 4. The van der Waals surface area contributed by atoms with Crippen LogP contribution in [-0.2, 0) is 9.47 Å². The van der Waals surface area contributed by atoms with Gasteiger partial charge in [0.05, 0.1) is 30.6 Å². The van der Waals surface area contributed by atoms with Crippen LogP contribution in [0.25, 0.3) is 16.5 Å². The molecule has 38 heavy (non-hydrogen) atoms. The molecule has 1 amide bonds. The fourth-order valence-electron chi connectivity index (χ4n) is 4.34. The number of para-hydroxylation sites is 1. The van der Waals surface area contributed by atoms with Gasteiger partial charge in [0.25, 0.3) is 0 Å². The Morgan fingerprint density at radius 1 is 1.21 bits per heavy atom. The van der Waals surface area contributed by atoms with E-state index in [9.17, 15) is 4.79 Å². The van der Waals surface area contributed by atoms with Crippen LogP contribution in [0, 0.1) is 0 Å². The minimum absolute atomic E-state index is 0.202. The summed E-state index contributed by atoms with van der Waals surface area (Å²) >= 11 is 0. The van der Waals surface area contributed by atoms with Gasteiger partial charge in [-0.15, -0.1) is 0 Å². The maximum Gasteiger partial charge on any atom is 0.410 e. The lowest BCUT2D eigenvalue weighted by molar-refractivity contribution is 0.0185. The molecule has 0 saturated carbocycles. The van der Waals surface area contributed by atoms with Gasteiger partial charge in [-0.05, 0) is 46.6 Å². The van der Waals surface area contributed by atoms with E-state index in [0.29, 0.717) is 24.8 Å². The van der Waals surface area contributed by atoms with Crippen LogP contribution in [-0.4, -0.2) is 56.5 Å². The van der Waals surface area contributed by atoms with E-state index in [1.165, 1.54) is 0 Å². The largest absolute Gasteiger partial charge is 0.496 e. The van der Waals surface area contributed by atoms with Crippen LogP contribution in [0.4, 0.5) is 16.4 Å². The van der Waals surface area contributed by atoms with Crippen LogP contribution in [0.2, 0.25) is 0 Å². The van der Waals surface area contributed by atoms with E-state index < -0.39 is 5.60 Å². The number of carbonyl (C=O) groups excluding carboxylic acids is 1. The minimum Gasteiger partial charge on any atom is -0.496 e. The third-order valence-electron chi connectivity index (χ3n) is 6.24. The zero-order chi connectivity index (χ0) is 27.3. The standard InChI is InChI=1S/C29H36N6O3/c1-7-8-12-25(37-6)20(2)24-11-9-10-21-17-30-27(33-26(21)24)32-22-18-31-35(19-22)23-13-15-34(16-14-23)28(36)38-29(3,4)5/h7-12,17-19,23H,2,13-16H2,1,3-6H3,(H,30,32,33)/b8-7-,25-12+. The molecule has 1 N–H and O–H groups in total. The number of methoxy groups -OCH3 is 1. The number of anilines is 2. The minimum atomic E-state index is -0.496. The van der Waals surface area contributed by atoms with Gasteiger partial charge in [0.2, 0.25) is 5.95 Å². The zero-order valence-corrected chi connectivity index (χ0v) is 22.8. The van der Waals surface area contributed by atoms with Crippen LogP contribution in [0.1, 0.15) is 52.1 Å². The number of hydrogen-bond donors (Lipinski definition) is 1. The van der Waals surface area contributed by atoms with E-state index >= 15 is 0 Å². The highest BCUT2D eigenvalue weighted by atomic mass is 16.6. The van der Waals surface area contributed by atoms with Crippen molar-refractivity contribution >= 4 is 34.2 Å². The molecule has 1 aromatic carbocycles. The maximum atomic E-state index is 12.4. The number of hydrogen-bond acceptors (Lipinski definition) is 7. The first kappa shape index (κ1) is 26.9. The normalized spacial score (nSPS) is 15.2. The molecule has 1 aliphatic heterocycles. The average molecular weight is 517 g/mol. The number of aromatic nitrogens is 4. The highest BCUT2D eigenvalue weighted by Gasteiger charge is 2.28. The molecule has 1 saturated heterocycles. The Balaban J connectivity index is 1.46. The Hall–Kier alpha value is -4.14. The van der Waals surface area contributed by atoms with Crippen LogP contribution < -0.4 is 5.32 Å². The van der Waals surface area contributed by atoms with Crippen molar-refractivity contribution in [1.29, 1.82) is 0 Å². The Labute approximate surface area is 223 Å². The molecule has 0 aliphatic carbocycles. The number of benzene rings is 1. The molecule has 0 bridgehead atoms. The molecule has 3 aromatic rings. The Bertz CT molecular complexity index is 1360. The molecule has 200 valence electrons. The number of piperidine rings is 1. The van der Waals surface area contributed by atoms with Crippen molar-refractivity contribution in [2.45, 2.75) is 52.2 Å². The van der Waals surface area contributed by atoms with Crippen LogP contribution in [0.15, 0.2) is 67.4 Å². The Morgan fingerprint density at radius 3 is 2.66 bits per heavy atom. The number of carbonyl (C=O) groups is 1. The van der Waals surface area contributed by atoms with Crippen LogP contribution in [0.5, 0.6) is 0 Å². The summed E-state index contributed by atoms with van der Waals surface area (Å²) in [5, 5.41) is 8.74. The fourth-order valence-corrected chi connectivity index (χ4v) is 4.34. The SMILES string of the molecule is C=C(/C(=C\C=C/C)OC)c1cccc2cnc(Nc3cnn(C4CCN(C(=O)OC(C)(C)C)CC4)c3)nc12. The summed E-state index contributed by atoms with van der Waals surface area (Å²) in [6, 6.07) is 6.11. The number of amides is 1. The van der Waals surface area contributed by atoms with E-state index in [2.05, 4.69) is 22.0 Å². The first-order valence-corrected chi connectivity index (χ1v) is 12.8. The van der Waals surface area contributed by atoms with Gasteiger partial charge in [-0.25, -0.2) is 14.8 Å². The van der Waals surface area contributed by atoms with E-state index in [0.717, 1.165) is 40.6 Å². The molecule has 2 aromatic heterocycles. The third-order valence-corrected chi connectivity index (χ3v) is 6.24. The molecular weight excluding hydrogens is 480 g/mol. The van der Waals surface area contributed by atoms with Crippen molar-refractivity contribution in [3.63, 3.8) is 0 Å². The number of ether oxygens (including phenoxy) is 2. The lowest BCUT2D eigenvalue weighted by atomic mass is 10.0. The highest BCUT2D eigenvalue weighted by Crippen LogP contribution is 2.29. The number of nitrogens with zero attached hydrogens (tertiary/aromatic N) is 5. The quantitative estimate of drug-likeness (QED) is 0.292. The summed E-state index contributed by atoms with van der Waals surface area (Å²) in [5.41, 5.74) is 2.69. The van der Waals surface area contributed by atoms with Gasteiger partial charge in [-0.3, -0.25) is 4.68 Å². The highest BCUT2D eigenvalue weighted by molar-refractivity contribution is 5.94. The molecule has 0 spiro atoms. The average Bonchev–Trinajstić information content (AvgIpc) is 3.36. The van der Waals surface area contributed by atoms with E-state index in [1.807, 2.05) is 75.0 Å². The first-order valence-electron chi connectivity index (χ1n) is 12.8. The van der Waals surface area contributed by atoms with Crippen LogP contribution >= 0.6 is 0 Å². The smallest absolute Gasteiger partial charge is 0.410 e. The zero-order valence-electron chi connectivity index (χ0n) is 22.8. The van der Waals surface area contributed by atoms with Gasteiger partial charge in [0.15, 0.2) is 0 Å². The maximum absolute atomic E-state index is 12.4. The second-order valence-electron chi connectivity index (χ2n) is 10.2. The summed E-state index contributed by atoms with van der Waals surface area (Å²) in [5.74, 6) is 1.14. The molecule has 9 heteroatoms. The number of nitrogens with one attached hydrogen (secondary N) is 1. The lowest BCUT2D eigenvalue weighted by Gasteiger charge is -2.33. The van der Waals surface area contributed by atoms with Gasteiger partial charge >= 0.3 is 6.09 Å². The summed E-state index contributed by atoms with van der Waals surface area (Å²) in [6.45, 7) is 13.1. The number of likely N-dealkylation sites (tertiary alicyclic amines) is 1. The number of rotatable bonds is 7. The molecule has 0 atom stereocenters. The molecule has 0 unspecified atom stereocenters. The predicted octanol–water partition coefficient (Wildman–Crippen LogP) is 6.26. The second kappa shape index (κ2) is 11.5. The van der Waals surface area contributed by atoms with E-state index in [4.69, 9.17) is 14.5 Å². The van der Waals surface area contributed by atoms with Crippen molar-refractivity contribution < 1.29 is 14.3 Å². The second-order valence-corrected chi connectivity index (χ2v) is 10.2. The summed E-state index contributed by atoms with van der Waals surface area (Å²) in [4.78, 5) is 23.4. The summed E-state index contributed by atoms with van der Waals surface area (Å²) < 4.78 is 13.0. The summed E-state index contributed by atoms with van der Waals surface area (Å²) in [6.07, 6.45) is 12.6. The van der Waals surface area contributed by atoms with Crippen molar-refractivity contribution in [3.05, 3.63) is 72.9 Å². The summed E-state index contributed by atoms with van der Waals surface area (Å²) in [7, 11) is 1.63. The Kier molecular flexibility index (Phi) is 8.14.